The third kappa shape index (κ3) is 5.66. The van der Waals surface area contributed by atoms with Crippen LogP contribution in [-0.4, -0.2) is 36.9 Å². The second kappa shape index (κ2) is 9.50. The predicted octanol–water partition coefficient (Wildman–Crippen LogP) is 3.34. The van der Waals surface area contributed by atoms with Crippen LogP contribution >= 0.6 is 11.6 Å². The average molecular weight is 406 g/mol. The van der Waals surface area contributed by atoms with Crippen LogP contribution in [0.25, 0.3) is 0 Å². The van der Waals surface area contributed by atoms with E-state index in [1.54, 1.807) is 12.3 Å². The molecule has 1 aromatic heterocycles. The summed E-state index contributed by atoms with van der Waals surface area (Å²) in [4.78, 5) is 16.2. The van der Waals surface area contributed by atoms with Crippen molar-refractivity contribution >= 4 is 17.6 Å². The van der Waals surface area contributed by atoms with Crippen LogP contribution in [-0.2, 0) is 13.0 Å². The Morgan fingerprint density at radius 2 is 2.04 bits per heavy atom. The molecular weight excluding hydrogens is 382 g/mol. The van der Waals surface area contributed by atoms with E-state index in [0.717, 1.165) is 11.1 Å². The third-order valence-electron chi connectivity index (χ3n) is 3.96. The van der Waals surface area contributed by atoms with E-state index in [0.29, 0.717) is 55.1 Å². The molecule has 1 aromatic carbocycles. The normalized spacial score (nSPS) is 12.6. The number of ether oxygens (including phenoxy) is 3. The summed E-state index contributed by atoms with van der Waals surface area (Å²) in [7, 11) is 0. The molecule has 0 aliphatic carbocycles. The van der Waals surface area contributed by atoms with E-state index in [-0.39, 0.29) is 12.1 Å². The number of amides is 2. The quantitative estimate of drug-likeness (QED) is 0.738. The summed E-state index contributed by atoms with van der Waals surface area (Å²) in [5.41, 5.74) is 1.87. The van der Waals surface area contributed by atoms with Crippen LogP contribution in [0.4, 0.5) is 4.79 Å². The number of carbonyl (C=O) groups is 1. The maximum Gasteiger partial charge on any atom is 0.315 e. The average Bonchev–Trinajstić information content (AvgIpc) is 2.67. The van der Waals surface area contributed by atoms with Crippen LogP contribution in [0.1, 0.15) is 25.0 Å². The van der Waals surface area contributed by atoms with Crippen LogP contribution < -0.4 is 24.8 Å². The third-order valence-corrected chi connectivity index (χ3v) is 4.24. The van der Waals surface area contributed by atoms with Gasteiger partial charge in [-0.25, -0.2) is 9.78 Å². The minimum Gasteiger partial charge on any atom is -0.486 e. The van der Waals surface area contributed by atoms with E-state index < -0.39 is 0 Å². The Morgan fingerprint density at radius 3 is 2.79 bits per heavy atom. The first-order chi connectivity index (χ1) is 13.5. The maximum absolute atomic E-state index is 12.0. The molecule has 0 saturated carbocycles. The molecule has 0 atom stereocenters. The lowest BCUT2D eigenvalue weighted by atomic mass is 10.1. The highest BCUT2D eigenvalue weighted by Crippen LogP contribution is 2.38. The number of halogens is 1. The lowest BCUT2D eigenvalue weighted by Gasteiger charge is -2.20. The molecule has 2 heterocycles. The molecule has 1 aliphatic heterocycles. The highest BCUT2D eigenvalue weighted by molar-refractivity contribution is 6.32. The van der Waals surface area contributed by atoms with Gasteiger partial charge in [0.15, 0.2) is 11.5 Å². The maximum atomic E-state index is 12.0. The Hall–Kier alpha value is -2.67. The Morgan fingerprint density at radius 1 is 1.21 bits per heavy atom. The summed E-state index contributed by atoms with van der Waals surface area (Å²) in [5.74, 6) is 1.80. The first-order valence-corrected chi connectivity index (χ1v) is 9.60. The van der Waals surface area contributed by atoms with Crippen LogP contribution in [0, 0.1) is 0 Å². The number of hydrogen-bond acceptors (Lipinski definition) is 5. The zero-order valence-electron chi connectivity index (χ0n) is 16.0. The number of urea groups is 1. The Kier molecular flexibility index (Phi) is 6.81. The first kappa shape index (κ1) is 20.1. The smallest absolute Gasteiger partial charge is 0.315 e. The number of hydrogen-bond donors (Lipinski definition) is 2. The minimum atomic E-state index is -0.244. The lowest BCUT2D eigenvalue weighted by Crippen LogP contribution is -2.36. The van der Waals surface area contributed by atoms with Gasteiger partial charge >= 0.3 is 6.03 Å². The zero-order chi connectivity index (χ0) is 19.9. The number of rotatable bonds is 7. The highest BCUT2D eigenvalue weighted by Gasteiger charge is 2.16. The van der Waals surface area contributed by atoms with Crippen molar-refractivity contribution in [1.29, 1.82) is 0 Å². The number of carbonyl (C=O) groups excluding carboxylic acids is 1. The van der Waals surface area contributed by atoms with Gasteiger partial charge in [0, 0.05) is 25.4 Å². The number of pyridine rings is 1. The van der Waals surface area contributed by atoms with Gasteiger partial charge in [0.25, 0.3) is 0 Å². The van der Waals surface area contributed by atoms with Gasteiger partial charge in [-0.2, -0.15) is 0 Å². The summed E-state index contributed by atoms with van der Waals surface area (Å²) in [6.45, 7) is 5.75. The van der Waals surface area contributed by atoms with Crippen LogP contribution in [0.5, 0.6) is 17.4 Å². The van der Waals surface area contributed by atoms with Crippen molar-refractivity contribution in [2.45, 2.75) is 32.9 Å². The fraction of sp³-hybridized carbons (Fsp3) is 0.400. The molecule has 0 saturated heterocycles. The number of fused-ring (bicyclic) bond motifs is 1. The number of nitrogens with one attached hydrogen (secondary N) is 2. The summed E-state index contributed by atoms with van der Waals surface area (Å²) in [6, 6.07) is 7.15. The van der Waals surface area contributed by atoms with Crippen molar-refractivity contribution in [3.63, 3.8) is 0 Å². The minimum absolute atomic E-state index is 0.0753. The predicted molar refractivity (Wildman–Crippen MR) is 106 cm³/mol. The molecule has 2 aromatic rings. The monoisotopic (exact) mass is 405 g/mol. The standard InChI is InChI=1S/C20H24ClN3O4/c1-13(2)28-18-4-3-15(11-23-18)12-24-20(25)22-6-5-14-9-16(21)19-17(10-14)26-7-8-27-19/h3-4,9-11,13H,5-8,12H2,1-2H3,(H2,22,24,25). The van der Waals surface area contributed by atoms with Crippen LogP contribution in [0.15, 0.2) is 30.5 Å². The number of aromatic nitrogens is 1. The molecule has 0 unspecified atom stereocenters. The van der Waals surface area contributed by atoms with Crippen molar-refractivity contribution in [3.8, 4) is 17.4 Å². The molecule has 0 spiro atoms. The topological polar surface area (TPSA) is 81.7 Å². The van der Waals surface area contributed by atoms with Gasteiger partial charge in [-0.1, -0.05) is 17.7 Å². The van der Waals surface area contributed by atoms with Crippen molar-refractivity contribution < 1.29 is 19.0 Å². The summed E-state index contributed by atoms with van der Waals surface area (Å²) >= 11 is 6.23. The fourth-order valence-electron chi connectivity index (χ4n) is 2.70. The van der Waals surface area contributed by atoms with E-state index in [9.17, 15) is 4.79 Å². The number of benzene rings is 1. The first-order valence-electron chi connectivity index (χ1n) is 9.22. The molecule has 28 heavy (non-hydrogen) atoms. The summed E-state index contributed by atoms with van der Waals surface area (Å²) < 4.78 is 16.6. The Bertz CT molecular complexity index is 812. The summed E-state index contributed by atoms with van der Waals surface area (Å²) in [6.07, 6.45) is 2.40. The van der Waals surface area contributed by atoms with Gasteiger partial charge in [0.05, 0.1) is 11.1 Å². The van der Waals surface area contributed by atoms with Gasteiger partial charge in [0.2, 0.25) is 5.88 Å². The van der Waals surface area contributed by atoms with Crippen molar-refractivity contribution in [2.75, 3.05) is 19.8 Å². The molecule has 8 heteroatoms. The lowest BCUT2D eigenvalue weighted by molar-refractivity contribution is 0.171. The molecule has 150 valence electrons. The fourth-order valence-corrected chi connectivity index (χ4v) is 2.99. The van der Waals surface area contributed by atoms with Crippen molar-refractivity contribution in [3.05, 3.63) is 46.6 Å². The zero-order valence-corrected chi connectivity index (χ0v) is 16.7. The molecule has 0 radical (unpaired) electrons. The van der Waals surface area contributed by atoms with Gasteiger partial charge in [-0.05, 0) is 43.5 Å². The molecule has 3 rings (SSSR count). The molecule has 2 amide bonds. The van der Waals surface area contributed by atoms with Gasteiger partial charge in [-0.3, -0.25) is 0 Å². The van der Waals surface area contributed by atoms with Gasteiger partial charge in [0.1, 0.15) is 13.2 Å². The molecule has 2 N–H and O–H groups in total. The Balaban J connectivity index is 1.42. The number of nitrogens with zero attached hydrogens (tertiary/aromatic N) is 1. The molecule has 7 nitrogen and oxygen atoms in total. The second-order valence-corrected chi connectivity index (χ2v) is 7.04. The largest absolute Gasteiger partial charge is 0.486 e. The Labute approximate surface area is 169 Å². The van der Waals surface area contributed by atoms with E-state index in [1.807, 2.05) is 32.0 Å². The second-order valence-electron chi connectivity index (χ2n) is 6.63. The molecule has 1 aliphatic rings. The SMILES string of the molecule is CC(C)Oc1ccc(CNC(=O)NCCc2cc(Cl)c3c(c2)OCCO3)cn1. The molecular formula is C20H24ClN3O4. The van der Waals surface area contributed by atoms with E-state index in [1.165, 1.54) is 0 Å². The highest BCUT2D eigenvalue weighted by atomic mass is 35.5. The van der Waals surface area contributed by atoms with Crippen molar-refractivity contribution in [2.24, 2.45) is 0 Å². The van der Waals surface area contributed by atoms with Crippen molar-refractivity contribution in [1.82, 2.24) is 15.6 Å². The van der Waals surface area contributed by atoms with E-state index in [2.05, 4.69) is 15.6 Å². The molecule has 0 fully saturated rings. The summed E-state index contributed by atoms with van der Waals surface area (Å²) in [5, 5.41) is 6.16. The van der Waals surface area contributed by atoms with Crippen LogP contribution in [0.3, 0.4) is 0 Å². The van der Waals surface area contributed by atoms with E-state index in [4.69, 9.17) is 25.8 Å². The van der Waals surface area contributed by atoms with Crippen LogP contribution in [0.2, 0.25) is 5.02 Å². The van der Waals surface area contributed by atoms with Gasteiger partial charge < -0.3 is 24.8 Å². The van der Waals surface area contributed by atoms with E-state index >= 15 is 0 Å². The molecule has 0 bridgehead atoms. The van der Waals surface area contributed by atoms with Gasteiger partial charge in [-0.15, -0.1) is 0 Å².